The molecular formula is C10H12ClF. The smallest absolute Gasteiger partial charge is 0.128 e. The third-order valence-corrected chi connectivity index (χ3v) is 2.21. The molecule has 0 fully saturated rings. The van der Waals surface area contributed by atoms with E-state index in [1.54, 1.807) is 0 Å². The standard InChI is InChI=1S/C10H12ClF/c1-3-7-5-8(11)6-10(12)9(7)4-2/h5-6H,3-4H2,1-2H3. The highest BCUT2D eigenvalue weighted by molar-refractivity contribution is 6.30. The lowest BCUT2D eigenvalue weighted by atomic mass is 10.0. The minimum atomic E-state index is -0.179. The van der Waals surface area contributed by atoms with Crippen LogP contribution in [-0.4, -0.2) is 0 Å². The van der Waals surface area contributed by atoms with Crippen LogP contribution in [0.2, 0.25) is 5.02 Å². The lowest BCUT2D eigenvalue weighted by molar-refractivity contribution is 0.609. The van der Waals surface area contributed by atoms with E-state index >= 15 is 0 Å². The van der Waals surface area contributed by atoms with Gasteiger partial charge in [0.05, 0.1) is 0 Å². The van der Waals surface area contributed by atoms with Gasteiger partial charge < -0.3 is 0 Å². The molecule has 0 aromatic heterocycles. The van der Waals surface area contributed by atoms with Crippen LogP contribution in [0.5, 0.6) is 0 Å². The maximum Gasteiger partial charge on any atom is 0.128 e. The highest BCUT2D eigenvalue weighted by atomic mass is 35.5. The van der Waals surface area contributed by atoms with Crippen molar-refractivity contribution >= 4 is 11.6 Å². The third kappa shape index (κ3) is 1.78. The summed E-state index contributed by atoms with van der Waals surface area (Å²) in [5.41, 5.74) is 1.81. The Hall–Kier alpha value is -0.560. The van der Waals surface area contributed by atoms with Gasteiger partial charge in [0.1, 0.15) is 5.82 Å². The minimum Gasteiger partial charge on any atom is -0.207 e. The van der Waals surface area contributed by atoms with E-state index in [0.717, 1.165) is 24.0 Å². The molecule has 0 aliphatic rings. The van der Waals surface area contributed by atoms with Crippen LogP contribution in [0.3, 0.4) is 0 Å². The van der Waals surface area contributed by atoms with Crippen LogP contribution in [0.4, 0.5) is 4.39 Å². The van der Waals surface area contributed by atoms with E-state index in [0.29, 0.717) is 5.02 Å². The molecule has 66 valence electrons. The van der Waals surface area contributed by atoms with E-state index in [1.165, 1.54) is 6.07 Å². The van der Waals surface area contributed by atoms with Gasteiger partial charge in [0, 0.05) is 5.02 Å². The summed E-state index contributed by atoms with van der Waals surface area (Å²) in [4.78, 5) is 0. The summed E-state index contributed by atoms with van der Waals surface area (Å²) in [6, 6.07) is 3.21. The van der Waals surface area contributed by atoms with Gasteiger partial charge in [-0.2, -0.15) is 0 Å². The van der Waals surface area contributed by atoms with E-state index in [1.807, 2.05) is 19.9 Å². The largest absolute Gasteiger partial charge is 0.207 e. The van der Waals surface area contributed by atoms with Crippen LogP contribution in [0.15, 0.2) is 12.1 Å². The van der Waals surface area contributed by atoms with Gasteiger partial charge in [-0.25, -0.2) is 4.39 Å². The summed E-state index contributed by atoms with van der Waals surface area (Å²) >= 11 is 5.72. The Morgan fingerprint density at radius 3 is 2.42 bits per heavy atom. The van der Waals surface area contributed by atoms with Crippen molar-refractivity contribution in [2.75, 3.05) is 0 Å². The Morgan fingerprint density at radius 1 is 1.25 bits per heavy atom. The van der Waals surface area contributed by atoms with Gasteiger partial charge in [-0.05, 0) is 36.1 Å². The Kier molecular flexibility index (Phi) is 3.10. The summed E-state index contributed by atoms with van der Waals surface area (Å²) in [7, 11) is 0. The van der Waals surface area contributed by atoms with E-state index < -0.39 is 0 Å². The molecule has 0 heterocycles. The average molecular weight is 187 g/mol. The molecular weight excluding hydrogens is 175 g/mol. The Morgan fingerprint density at radius 2 is 1.92 bits per heavy atom. The topological polar surface area (TPSA) is 0 Å². The summed E-state index contributed by atoms with van der Waals surface area (Å²) in [6.07, 6.45) is 1.56. The van der Waals surface area contributed by atoms with Gasteiger partial charge in [0.15, 0.2) is 0 Å². The highest BCUT2D eigenvalue weighted by Crippen LogP contribution is 2.20. The van der Waals surface area contributed by atoms with Crippen LogP contribution in [0.1, 0.15) is 25.0 Å². The highest BCUT2D eigenvalue weighted by Gasteiger charge is 2.06. The predicted molar refractivity (Wildman–Crippen MR) is 50.2 cm³/mol. The SMILES string of the molecule is CCc1cc(Cl)cc(F)c1CC. The van der Waals surface area contributed by atoms with Gasteiger partial charge in [0.25, 0.3) is 0 Å². The Bertz CT molecular complexity index is 281. The lowest BCUT2D eigenvalue weighted by Gasteiger charge is -2.06. The van der Waals surface area contributed by atoms with Crippen molar-refractivity contribution in [3.8, 4) is 0 Å². The molecule has 0 saturated carbocycles. The van der Waals surface area contributed by atoms with Crippen LogP contribution < -0.4 is 0 Å². The molecule has 12 heavy (non-hydrogen) atoms. The lowest BCUT2D eigenvalue weighted by Crippen LogP contribution is -1.95. The predicted octanol–water partition coefficient (Wildman–Crippen LogP) is 3.60. The van der Waals surface area contributed by atoms with Gasteiger partial charge in [-0.3, -0.25) is 0 Å². The number of hydrogen-bond donors (Lipinski definition) is 0. The maximum atomic E-state index is 13.2. The number of hydrogen-bond acceptors (Lipinski definition) is 0. The quantitative estimate of drug-likeness (QED) is 0.662. The molecule has 0 aliphatic carbocycles. The first kappa shape index (κ1) is 9.53. The van der Waals surface area contributed by atoms with Crippen LogP contribution >= 0.6 is 11.6 Å². The maximum absolute atomic E-state index is 13.2. The first-order chi connectivity index (χ1) is 5.69. The summed E-state index contributed by atoms with van der Waals surface area (Å²) in [6.45, 7) is 3.95. The van der Waals surface area contributed by atoms with Crippen LogP contribution in [0, 0.1) is 5.82 Å². The molecule has 0 radical (unpaired) electrons. The Balaban J connectivity index is 3.24. The molecule has 0 unspecified atom stereocenters. The Labute approximate surface area is 77.4 Å². The summed E-state index contributed by atoms with van der Waals surface area (Å²) in [5.74, 6) is -0.179. The molecule has 0 bridgehead atoms. The zero-order valence-corrected chi connectivity index (χ0v) is 8.08. The number of benzene rings is 1. The second-order valence-electron chi connectivity index (χ2n) is 2.73. The first-order valence-electron chi connectivity index (χ1n) is 4.15. The molecule has 0 atom stereocenters. The van der Waals surface area contributed by atoms with E-state index in [9.17, 15) is 4.39 Å². The van der Waals surface area contributed by atoms with Crippen molar-refractivity contribution in [3.05, 3.63) is 34.1 Å². The number of rotatable bonds is 2. The normalized spacial score (nSPS) is 10.3. The second-order valence-corrected chi connectivity index (χ2v) is 3.17. The zero-order chi connectivity index (χ0) is 9.14. The fraction of sp³-hybridized carbons (Fsp3) is 0.400. The zero-order valence-electron chi connectivity index (χ0n) is 7.32. The number of aryl methyl sites for hydroxylation is 1. The van der Waals surface area contributed by atoms with Crippen molar-refractivity contribution in [2.24, 2.45) is 0 Å². The van der Waals surface area contributed by atoms with Gasteiger partial charge in [0.2, 0.25) is 0 Å². The van der Waals surface area contributed by atoms with Gasteiger partial charge in [-0.15, -0.1) is 0 Å². The molecule has 0 aliphatic heterocycles. The van der Waals surface area contributed by atoms with E-state index in [4.69, 9.17) is 11.6 Å². The molecule has 0 N–H and O–H groups in total. The molecule has 0 saturated heterocycles. The monoisotopic (exact) mass is 186 g/mol. The summed E-state index contributed by atoms with van der Waals surface area (Å²) in [5, 5.41) is 0.488. The van der Waals surface area contributed by atoms with Crippen molar-refractivity contribution in [3.63, 3.8) is 0 Å². The van der Waals surface area contributed by atoms with Crippen LogP contribution in [0.25, 0.3) is 0 Å². The van der Waals surface area contributed by atoms with E-state index in [-0.39, 0.29) is 5.82 Å². The van der Waals surface area contributed by atoms with Crippen molar-refractivity contribution in [1.29, 1.82) is 0 Å². The van der Waals surface area contributed by atoms with Crippen LogP contribution in [-0.2, 0) is 12.8 Å². The van der Waals surface area contributed by atoms with E-state index in [2.05, 4.69) is 0 Å². The fourth-order valence-electron chi connectivity index (χ4n) is 1.37. The molecule has 1 aromatic carbocycles. The molecule has 0 nitrogen and oxygen atoms in total. The molecule has 0 spiro atoms. The third-order valence-electron chi connectivity index (χ3n) is 1.99. The molecule has 0 amide bonds. The molecule has 1 rings (SSSR count). The first-order valence-corrected chi connectivity index (χ1v) is 4.53. The summed E-state index contributed by atoms with van der Waals surface area (Å²) < 4.78 is 13.2. The van der Waals surface area contributed by atoms with Gasteiger partial charge >= 0.3 is 0 Å². The minimum absolute atomic E-state index is 0.179. The van der Waals surface area contributed by atoms with Crippen molar-refractivity contribution in [1.82, 2.24) is 0 Å². The second kappa shape index (κ2) is 3.90. The van der Waals surface area contributed by atoms with Gasteiger partial charge in [-0.1, -0.05) is 25.4 Å². The van der Waals surface area contributed by atoms with Crippen molar-refractivity contribution in [2.45, 2.75) is 26.7 Å². The number of halogens is 2. The average Bonchev–Trinajstić information content (AvgIpc) is 2.03. The van der Waals surface area contributed by atoms with Crippen molar-refractivity contribution < 1.29 is 4.39 Å². The molecule has 2 heteroatoms. The fourth-order valence-corrected chi connectivity index (χ4v) is 1.60. The molecule has 1 aromatic rings.